The van der Waals surface area contributed by atoms with Gasteiger partial charge < -0.3 is 10.2 Å². The fourth-order valence-corrected chi connectivity index (χ4v) is 2.04. The van der Waals surface area contributed by atoms with E-state index in [-0.39, 0.29) is 0 Å². The first-order valence-electron chi connectivity index (χ1n) is 5.92. The number of nitrogens with one attached hydrogen (secondary N) is 1. The lowest BCUT2D eigenvalue weighted by atomic mass is 10.2. The van der Waals surface area contributed by atoms with Gasteiger partial charge in [-0.3, -0.25) is 0 Å². The largest absolute Gasteiger partial charge is 0.384 e. The summed E-state index contributed by atoms with van der Waals surface area (Å²) in [5.74, 6) is 2.62. The van der Waals surface area contributed by atoms with Gasteiger partial charge in [0.05, 0.1) is 0 Å². The highest BCUT2D eigenvalue weighted by molar-refractivity contribution is 5.55. The highest BCUT2D eigenvalue weighted by Gasteiger charge is 2.11. The van der Waals surface area contributed by atoms with Crippen molar-refractivity contribution >= 4 is 11.4 Å². The van der Waals surface area contributed by atoms with Crippen LogP contribution in [-0.4, -0.2) is 19.6 Å². The molecule has 0 radical (unpaired) electrons. The van der Waals surface area contributed by atoms with Crippen molar-refractivity contribution in [2.24, 2.45) is 0 Å². The summed E-state index contributed by atoms with van der Waals surface area (Å²) in [7, 11) is 0. The van der Waals surface area contributed by atoms with Crippen LogP contribution in [0.25, 0.3) is 0 Å². The topological polar surface area (TPSA) is 15.3 Å². The van der Waals surface area contributed by atoms with Gasteiger partial charge in [0.2, 0.25) is 0 Å². The molecule has 2 nitrogen and oxygen atoms in total. The van der Waals surface area contributed by atoms with E-state index in [1.807, 2.05) is 0 Å². The fourth-order valence-electron chi connectivity index (χ4n) is 2.04. The van der Waals surface area contributed by atoms with Crippen molar-refractivity contribution in [2.75, 3.05) is 29.9 Å². The van der Waals surface area contributed by atoms with Crippen LogP contribution in [0.4, 0.5) is 11.4 Å². The number of nitrogens with zero attached hydrogens (tertiary/aromatic N) is 1. The molecule has 0 atom stereocenters. The standard InChI is InChI=1S/C14H18N2/c1-2-3-10-15-13-6-8-14(9-7-13)16-11-4-5-12-16/h1,6-9,15H,3-5,10-12H2. The Balaban J connectivity index is 1.91. The maximum Gasteiger partial charge on any atom is 0.0367 e. The van der Waals surface area contributed by atoms with E-state index >= 15 is 0 Å². The van der Waals surface area contributed by atoms with Crippen LogP contribution >= 0.6 is 0 Å². The van der Waals surface area contributed by atoms with E-state index in [2.05, 4.69) is 40.4 Å². The molecule has 0 spiro atoms. The van der Waals surface area contributed by atoms with Gasteiger partial charge in [0.25, 0.3) is 0 Å². The van der Waals surface area contributed by atoms with E-state index in [0.29, 0.717) is 0 Å². The Morgan fingerprint density at radius 2 is 1.88 bits per heavy atom. The zero-order chi connectivity index (χ0) is 11.2. The molecule has 84 valence electrons. The van der Waals surface area contributed by atoms with Crippen molar-refractivity contribution in [3.63, 3.8) is 0 Å². The molecule has 1 aromatic rings. The number of hydrogen-bond donors (Lipinski definition) is 1. The first kappa shape index (κ1) is 10.9. The summed E-state index contributed by atoms with van der Waals surface area (Å²) in [5, 5.41) is 3.30. The van der Waals surface area contributed by atoms with Gasteiger partial charge >= 0.3 is 0 Å². The Kier molecular flexibility index (Phi) is 3.71. The average molecular weight is 214 g/mol. The maximum atomic E-state index is 5.20. The van der Waals surface area contributed by atoms with Gasteiger partial charge in [-0.05, 0) is 37.1 Å². The van der Waals surface area contributed by atoms with Crippen LogP contribution in [0.5, 0.6) is 0 Å². The van der Waals surface area contributed by atoms with E-state index in [9.17, 15) is 0 Å². The van der Waals surface area contributed by atoms with E-state index < -0.39 is 0 Å². The van der Waals surface area contributed by atoms with E-state index in [4.69, 9.17) is 6.42 Å². The zero-order valence-electron chi connectivity index (χ0n) is 9.58. The Morgan fingerprint density at radius 3 is 2.50 bits per heavy atom. The number of hydrogen-bond acceptors (Lipinski definition) is 2. The van der Waals surface area contributed by atoms with Crippen molar-refractivity contribution in [3.8, 4) is 12.3 Å². The molecule has 1 N–H and O–H groups in total. The fraction of sp³-hybridized carbons (Fsp3) is 0.429. The maximum absolute atomic E-state index is 5.20. The molecule has 1 aliphatic heterocycles. The molecule has 0 aliphatic carbocycles. The van der Waals surface area contributed by atoms with Gasteiger partial charge in [0.15, 0.2) is 0 Å². The molecule has 0 unspecified atom stereocenters. The minimum absolute atomic E-state index is 0.772. The van der Waals surface area contributed by atoms with Crippen molar-refractivity contribution in [1.29, 1.82) is 0 Å². The molecule has 1 aromatic carbocycles. The Hall–Kier alpha value is -1.62. The van der Waals surface area contributed by atoms with Crippen LogP contribution in [-0.2, 0) is 0 Å². The summed E-state index contributed by atoms with van der Waals surface area (Å²) in [6.07, 6.45) is 8.62. The summed E-state index contributed by atoms with van der Waals surface area (Å²) in [4.78, 5) is 2.44. The van der Waals surface area contributed by atoms with Crippen molar-refractivity contribution in [1.82, 2.24) is 0 Å². The van der Waals surface area contributed by atoms with Crippen molar-refractivity contribution < 1.29 is 0 Å². The van der Waals surface area contributed by atoms with Crippen LogP contribution in [0.2, 0.25) is 0 Å². The molecule has 2 heteroatoms. The zero-order valence-corrected chi connectivity index (χ0v) is 9.58. The molecule has 0 bridgehead atoms. The van der Waals surface area contributed by atoms with Gasteiger partial charge in [-0.2, -0.15) is 0 Å². The molecule has 2 rings (SSSR count). The number of anilines is 2. The third-order valence-electron chi connectivity index (χ3n) is 2.94. The quantitative estimate of drug-likeness (QED) is 0.612. The molecular formula is C14H18N2. The van der Waals surface area contributed by atoms with Gasteiger partial charge in [0, 0.05) is 37.4 Å². The molecule has 0 saturated carbocycles. The highest BCUT2D eigenvalue weighted by Crippen LogP contribution is 2.21. The van der Waals surface area contributed by atoms with E-state index in [0.717, 1.165) is 18.7 Å². The Labute approximate surface area is 97.7 Å². The second-order valence-corrected chi connectivity index (χ2v) is 4.12. The normalized spacial score (nSPS) is 14.8. The van der Waals surface area contributed by atoms with Crippen molar-refractivity contribution in [3.05, 3.63) is 24.3 Å². The Morgan fingerprint density at radius 1 is 1.19 bits per heavy atom. The number of terminal acetylenes is 1. The number of rotatable bonds is 4. The van der Waals surface area contributed by atoms with Crippen LogP contribution in [0.3, 0.4) is 0 Å². The molecule has 0 amide bonds. The van der Waals surface area contributed by atoms with Gasteiger partial charge in [-0.1, -0.05) is 0 Å². The minimum atomic E-state index is 0.772. The third-order valence-corrected chi connectivity index (χ3v) is 2.94. The summed E-state index contributed by atoms with van der Waals surface area (Å²) >= 11 is 0. The first-order chi connectivity index (χ1) is 7.90. The molecule has 1 aliphatic rings. The SMILES string of the molecule is C#CCCNc1ccc(N2CCCC2)cc1. The summed E-state index contributed by atoms with van der Waals surface area (Å²) < 4.78 is 0. The second-order valence-electron chi connectivity index (χ2n) is 4.12. The lowest BCUT2D eigenvalue weighted by Gasteiger charge is -2.17. The number of benzene rings is 1. The van der Waals surface area contributed by atoms with Crippen LogP contribution in [0.15, 0.2) is 24.3 Å². The first-order valence-corrected chi connectivity index (χ1v) is 5.92. The van der Waals surface area contributed by atoms with E-state index in [1.54, 1.807) is 0 Å². The lowest BCUT2D eigenvalue weighted by Crippen LogP contribution is -2.17. The third kappa shape index (κ3) is 2.70. The Bertz CT molecular complexity index is 355. The predicted octanol–water partition coefficient (Wildman–Crippen LogP) is 2.72. The van der Waals surface area contributed by atoms with Gasteiger partial charge in [-0.15, -0.1) is 12.3 Å². The highest BCUT2D eigenvalue weighted by atomic mass is 15.1. The summed E-state index contributed by atoms with van der Waals surface area (Å²) in [6, 6.07) is 8.63. The molecule has 1 heterocycles. The van der Waals surface area contributed by atoms with E-state index in [1.165, 1.54) is 31.6 Å². The summed E-state index contributed by atoms with van der Waals surface area (Å²) in [5.41, 5.74) is 2.48. The minimum Gasteiger partial charge on any atom is -0.384 e. The van der Waals surface area contributed by atoms with Crippen molar-refractivity contribution in [2.45, 2.75) is 19.3 Å². The molecule has 0 aromatic heterocycles. The average Bonchev–Trinajstić information content (AvgIpc) is 2.84. The molecular weight excluding hydrogens is 196 g/mol. The molecule has 1 saturated heterocycles. The molecule has 1 fully saturated rings. The monoisotopic (exact) mass is 214 g/mol. The lowest BCUT2D eigenvalue weighted by molar-refractivity contribution is 0.949. The van der Waals surface area contributed by atoms with Crippen LogP contribution in [0, 0.1) is 12.3 Å². The predicted molar refractivity (Wildman–Crippen MR) is 69.8 cm³/mol. The summed E-state index contributed by atoms with van der Waals surface area (Å²) in [6.45, 7) is 3.24. The second kappa shape index (κ2) is 5.46. The molecule has 16 heavy (non-hydrogen) atoms. The van der Waals surface area contributed by atoms with Gasteiger partial charge in [0.1, 0.15) is 0 Å². The van der Waals surface area contributed by atoms with Gasteiger partial charge in [-0.25, -0.2) is 0 Å². The smallest absolute Gasteiger partial charge is 0.0367 e. The van der Waals surface area contributed by atoms with Crippen LogP contribution in [0.1, 0.15) is 19.3 Å². The van der Waals surface area contributed by atoms with Crippen LogP contribution < -0.4 is 10.2 Å².